The topological polar surface area (TPSA) is 71.8 Å². The number of esters is 1. The lowest BCUT2D eigenvalue weighted by molar-refractivity contribution is -0.123. The van der Waals surface area contributed by atoms with Gasteiger partial charge in [0, 0.05) is 18.8 Å². The van der Waals surface area contributed by atoms with Gasteiger partial charge in [-0.3, -0.25) is 4.79 Å². The van der Waals surface area contributed by atoms with Crippen LogP contribution >= 0.6 is 0 Å². The molecule has 0 spiro atoms. The number of hydrogen-bond acceptors (Lipinski definition) is 5. The number of rotatable bonds is 5. The van der Waals surface area contributed by atoms with E-state index in [2.05, 4.69) is 29.3 Å². The predicted molar refractivity (Wildman–Crippen MR) is 88.8 cm³/mol. The molecule has 0 saturated heterocycles. The highest BCUT2D eigenvalue weighted by atomic mass is 16.5. The molecule has 0 bridgehead atoms. The van der Waals surface area contributed by atoms with Gasteiger partial charge in [-0.05, 0) is 31.0 Å². The normalized spacial score (nSPS) is 15.9. The maximum atomic E-state index is 12.2. The van der Waals surface area contributed by atoms with Gasteiger partial charge in [0.05, 0.1) is 12.8 Å². The van der Waals surface area contributed by atoms with Crippen molar-refractivity contribution in [3.05, 3.63) is 53.5 Å². The molecule has 6 nitrogen and oxygen atoms in total. The number of fused-ring (bicyclic) bond motifs is 1. The highest BCUT2D eigenvalue weighted by Gasteiger charge is 2.28. The number of carbonyl (C=O) groups excluding carboxylic acids is 2. The third-order valence-electron chi connectivity index (χ3n) is 4.24. The smallest absolute Gasteiger partial charge is 0.342 e. The second-order valence-corrected chi connectivity index (χ2v) is 5.82. The lowest BCUT2D eigenvalue weighted by atomic mass is 10.1. The fraction of sp³-hybridized carbons (Fsp3) is 0.333. The minimum atomic E-state index is -0.553. The predicted octanol–water partition coefficient (Wildman–Crippen LogP) is 2.13. The SMILES string of the molecule is CNC(=O)COC(=O)c1ccoc1CN1c2ccccc2C[C@H]1C. The van der Waals surface area contributed by atoms with E-state index in [1.54, 1.807) is 6.07 Å². The molecular formula is C18H20N2O4. The summed E-state index contributed by atoms with van der Waals surface area (Å²) < 4.78 is 10.5. The van der Waals surface area contributed by atoms with Crippen LogP contribution in [0.4, 0.5) is 5.69 Å². The summed E-state index contributed by atoms with van der Waals surface area (Å²) >= 11 is 0. The number of carbonyl (C=O) groups is 2. The molecule has 0 saturated carbocycles. The van der Waals surface area contributed by atoms with Gasteiger partial charge in [0.25, 0.3) is 5.91 Å². The van der Waals surface area contributed by atoms with Crippen LogP contribution < -0.4 is 10.2 Å². The van der Waals surface area contributed by atoms with Crippen molar-refractivity contribution in [3.63, 3.8) is 0 Å². The number of anilines is 1. The molecule has 126 valence electrons. The largest absolute Gasteiger partial charge is 0.467 e. The van der Waals surface area contributed by atoms with E-state index in [1.807, 2.05) is 12.1 Å². The first-order valence-corrected chi connectivity index (χ1v) is 7.88. The fourth-order valence-electron chi connectivity index (χ4n) is 2.95. The van der Waals surface area contributed by atoms with Crippen molar-refractivity contribution >= 4 is 17.6 Å². The number of amides is 1. The van der Waals surface area contributed by atoms with Gasteiger partial charge in [-0.15, -0.1) is 0 Å². The van der Waals surface area contributed by atoms with Gasteiger partial charge in [-0.25, -0.2) is 4.79 Å². The molecule has 0 fully saturated rings. The summed E-state index contributed by atoms with van der Waals surface area (Å²) in [4.78, 5) is 25.6. The Bertz CT molecular complexity index is 753. The average molecular weight is 328 g/mol. The van der Waals surface area contributed by atoms with Crippen LogP contribution in [-0.2, 0) is 22.5 Å². The van der Waals surface area contributed by atoms with Gasteiger partial charge in [0.1, 0.15) is 11.3 Å². The Balaban J connectivity index is 1.74. The first-order chi connectivity index (χ1) is 11.6. The number of para-hydroxylation sites is 1. The lowest BCUT2D eigenvalue weighted by Crippen LogP contribution is -2.29. The molecule has 1 aromatic carbocycles. The van der Waals surface area contributed by atoms with Crippen LogP contribution in [0.2, 0.25) is 0 Å². The van der Waals surface area contributed by atoms with E-state index in [-0.39, 0.29) is 12.5 Å². The van der Waals surface area contributed by atoms with E-state index in [1.165, 1.54) is 18.9 Å². The van der Waals surface area contributed by atoms with Crippen LogP contribution in [0.25, 0.3) is 0 Å². The fourth-order valence-corrected chi connectivity index (χ4v) is 2.95. The van der Waals surface area contributed by atoms with Crippen molar-refractivity contribution in [1.29, 1.82) is 0 Å². The van der Waals surface area contributed by atoms with Gasteiger partial charge >= 0.3 is 5.97 Å². The number of ether oxygens (including phenoxy) is 1. The molecule has 3 rings (SSSR count). The third-order valence-corrected chi connectivity index (χ3v) is 4.24. The van der Waals surface area contributed by atoms with Gasteiger partial charge < -0.3 is 19.4 Å². The molecule has 24 heavy (non-hydrogen) atoms. The quantitative estimate of drug-likeness (QED) is 0.852. The zero-order valence-corrected chi connectivity index (χ0v) is 13.7. The molecule has 0 radical (unpaired) electrons. The van der Waals surface area contributed by atoms with Crippen molar-refractivity contribution in [2.45, 2.75) is 25.9 Å². The van der Waals surface area contributed by atoms with Crippen LogP contribution in [0, 0.1) is 0 Å². The Morgan fingerprint density at radius 2 is 2.12 bits per heavy atom. The van der Waals surface area contributed by atoms with Crippen LogP contribution in [0.1, 0.15) is 28.6 Å². The molecule has 1 aromatic heterocycles. The number of nitrogens with one attached hydrogen (secondary N) is 1. The highest BCUT2D eigenvalue weighted by Crippen LogP contribution is 2.33. The Morgan fingerprint density at radius 1 is 1.33 bits per heavy atom. The molecule has 1 atom stereocenters. The van der Waals surface area contributed by atoms with Crippen LogP contribution in [0.3, 0.4) is 0 Å². The molecule has 1 N–H and O–H groups in total. The third kappa shape index (κ3) is 3.13. The minimum Gasteiger partial charge on any atom is -0.467 e. The van der Waals surface area contributed by atoms with Gasteiger partial charge in [-0.2, -0.15) is 0 Å². The Labute approximate surface area is 140 Å². The zero-order chi connectivity index (χ0) is 17.1. The standard InChI is InChI=1S/C18H20N2O4/c1-12-9-13-5-3-4-6-15(13)20(12)10-16-14(7-8-23-16)18(22)24-11-17(21)19-2/h3-8,12H,9-11H2,1-2H3,(H,19,21)/t12-/m1/s1. The highest BCUT2D eigenvalue weighted by molar-refractivity contribution is 5.92. The van der Waals surface area contributed by atoms with Gasteiger partial charge in [0.15, 0.2) is 6.61 Å². The van der Waals surface area contributed by atoms with Crippen molar-refractivity contribution in [1.82, 2.24) is 5.32 Å². The van der Waals surface area contributed by atoms with Crippen molar-refractivity contribution in [3.8, 4) is 0 Å². The molecule has 1 aliphatic rings. The summed E-state index contributed by atoms with van der Waals surface area (Å²) in [5.41, 5.74) is 2.81. The van der Waals surface area contributed by atoms with Crippen LogP contribution in [0.15, 0.2) is 41.0 Å². The zero-order valence-electron chi connectivity index (χ0n) is 13.7. The van der Waals surface area contributed by atoms with Crippen molar-refractivity contribution < 1.29 is 18.7 Å². The average Bonchev–Trinajstić information content (AvgIpc) is 3.17. The lowest BCUT2D eigenvalue weighted by Gasteiger charge is -2.24. The maximum Gasteiger partial charge on any atom is 0.342 e. The maximum absolute atomic E-state index is 12.2. The summed E-state index contributed by atoms with van der Waals surface area (Å²) in [7, 11) is 1.49. The number of benzene rings is 1. The Morgan fingerprint density at radius 3 is 2.92 bits per heavy atom. The van der Waals surface area contributed by atoms with Gasteiger partial charge in [-0.1, -0.05) is 18.2 Å². The summed E-state index contributed by atoms with van der Waals surface area (Å²) in [5, 5.41) is 2.41. The Hall–Kier alpha value is -2.76. The van der Waals surface area contributed by atoms with E-state index >= 15 is 0 Å². The summed E-state index contributed by atoms with van der Waals surface area (Å²) in [6.45, 7) is 2.32. The first-order valence-electron chi connectivity index (χ1n) is 7.88. The van der Waals surface area contributed by atoms with Crippen LogP contribution in [-0.4, -0.2) is 31.6 Å². The van der Waals surface area contributed by atoms with E-state index in [9.17, 15) is 9.59 Å². The second-order valence-electron chi connectivity index (χ2n) is 5.82. The molecule has 2 aromatic rings. The van der Waals surface area contributed by atoms with E-state index < -0.39 is 5.97 Å². The Kier molecular flexibility index (Phi) is 4.55. The van der Waals surface area contributed by atoms with E-state index in [0.29, 0.717) is 23.9 Å². The molecule has 1 aliphatic heterocycles. The second kappa shape index (κ2) is 6.78. The molecule has 0 aliphatic carbocycles. The summed E-state index contributed by atoms with van der Waals surface area (Å²) in [5.74, 6) is -0.363. The summed E-state index contributed by atoms with van der Waals surface area (Å²) in [6.07, 6.45) is 2.44. The molecular weight excluding hydrogens is 308 g/mol. The molecule has 0 unspecified atom stereocenters. The van der Waals surface area contributed by atoms with Crippen LogP contribution in [0.5, 0.6) is 0 Å². The number of likely N-dealkylation sites (N-methyl/N-ethyl adjacent to an activating group) is 1. The number of furan rings is 1. The van der Waals surface area contributed by atoms with Gasteiger partial charge in [0.2, 0.25) is 0 Å². The minimum absolute atomic E-state index is 0.303. The number of nitrogens with zero attached hydrogens (tertiary/aromatic N) is 1. The molecule has 2 heterocycles. The van der Waals surface area contributed by atoms with Crippen molar-refractivity contribution in [2.24, 2.45) is 0 Å². The molecule has 1 amide bonds. The van der Waals surface area contributed by atoms with E-state index in [0.717, 1.165) is 12.1 Å². The first kappa shape index (κ1) is 16.1. The van der Waals surface area contributed by atoms with E-state index in [4.69, 9.17) is 9.15 Å². The monoisotopic (exact) mass is 328 g/mol. The molecule has 6 heteroatoms. The van der Waals surface area contributed by atoms with Crippen molar-refractivity contribution in [2.75, 3.05) is 18.6 Å². The summed E-state index contributed by atoms with van der Waals surface area (Å²) in [6, 6.07) is 10.1. The number of hydrogen-bond donors (Lipinski definition) is 1.